The van der Waals surface area contributed by atoms with Crippen molar-refractivity contribution in [3.8, 4) is 0 Å². The first kappa shape index (κ1) is 18.9. The fraction of sp³-hybridized carbons (Fsp3) is 0.867. The van der Waals surface area contributed by atoms with Crippen molar-refractivity contribution >= 4 is 11.9 Å². The van der Waals surface area contributed by atoms with E-state index < -0.39 is 12.0 Å². The lowest BCUT2D eigenvalue weighted by molar-refractivity contribution is -0.146. The number of amides is 1. The molecule has 0 aliphatic heterocycles. The average molecular weight is 286 g/mol. The number of carbonyl (C=O) groups is 2. The molecule has 118 valence electrons. The van der Waals surface area contributed by atoms with Crippen molar-refractivity contribution in [2.75, 3.05) is 13.7 Å². The topological polar surface area (TPSA) is 81.4 Å². The summed E-state index contributed by atoms with van der Waals surface area (Å²) in [5.74, 6) is 0.470. The number of methoxy groups -OCH3 is 1. The largest absolute Gasteiger partial charge is 0.467 e. The smallest absolute Gasteiger partial charge is 0.328 e. The molecule has 0 aromatic rings. The summed E-state index contributed by atoms with van der Waals surface area (Å²) in [6.45, 7) is 8.69. The Morgan fingerprint density at radius 2 is 1.70 bits per heavy atom. The molecule has 0 bridgehead atoms. The zero-order valence-electron chi connectivity index (χ0n) is 13.4. The highest BCUT2D eigenvalue weighted by Gasteiger charge is 2.25. The van der Waals surface area contributed by atoms with Gasteiger partial charge in [0, 0.05) is 6.42 Å². The minimum absolute atomic E-state index is 0.0105. The maximum atomic E-state index is 12.0. The van der Waals surface area contributed by atoms with Gasteiger partial charge in [0.1, 0.15) is 6.04 Å². The molecule has 5 heteroatoms. The summed E-state index contributed by atoms with van der Waals surface area (Å²) in [4.78, 5) is 23.5. The lowest BCUT2D eigenvalue weighted by Gasteiger charge is -2.22. The summed E-state index contributed by atoms with van der Waals surface area (Å²) < 4.78 is 4.71. The van der Waals surface area contributed by atoms with Crippen LogP contribution in [0.1, 0.15) is 47.0 Å². The number of hydrogen-bond acceptors (Lipinski definition) is 4. The van der Waals surface area contributed by atoms with E-state index in [1.807, 2.05) is 13.8 Å². The van der Waals surface area contributed by atoms with Gasteiger partial charge in [-0.15, -0.1) is 0 Å². The third kappa shape index (κ3) is 6.89. The number of hydrogen-bond donors (Lipinski definition) is 2. The van der Waals surface area contributed by atoms with Crippen LogP contribution in [0.3, 0.4) is 0 Å². The van der Waals surface area contributed by atoms with Crippen molar-refractivity contribution in [1.82, 2.24) is 5.32 Å². The Morgan fingerprint density at radius 3 is 2.10 bits per heavy atom. The summed E-state index contributed by atoms with van der Waals surface area (Å²) in [5, 5.41) is 2.76. The second-order valence-corrected chi connectivity index (χ2v) is 5.93. The van der Waals surface area contributed by atoms with Crippen molar-refractivity contribution in [2.45, 2.75) is 53.0 Å². The number of rotatable bonds is 9. The molecule has 3 N–H and O–H groups in total. The highest BCUT2D eigenvalue weighted by atomic mass is 16.5. The summed E-state index contributed by atoms with van der Waals surface area (Å²) in [5.41, 5.74) is 5.59. The summed E-state index contributed by atoms with van der Waals surface area (Å²) >= 11 is 0. The first-order valence-corrected chi connectivity index (χ1v) is 7.40. The number of nitrogens with two attached hydrogens (primary N) is 1. The highest BCUT2D eigenvalue weighted by Crippen LogP contribution is 2.20. The summed E-state index contributed by atoms with van der Waals surface area (Å²) in [6.07, 6.45) is 2.14. The Hall–Kier alpha value is -1.10. The van der Waals surface area contributed by atoms with Crippen LogP contribution in [0.4, 0.5) is 0 Å². The van der Waals surface area contributed by atoms with Crippen LogP contribution in [0.2, 0.25) is 0 Å². The van der Waals surface area contributed by atoms with Crippen LogP contribution in [0.5, 0.6) is 0 Å². The van der Waals surface area contributed by atoms with E-state index >= 15 is 0 Å². The number of carbonyl (C=O) groups excluding carboxylic acids is 2. The second-order valence-electron chi connectivity index (χ2n) is 5.93. The van der Waals surface area contributed by atoms with E-state index in [1.54, 1.807) is 0 Å². The molecule has 1 amide bonds. The first-order valence-electron chi connectivity index (χ1n) is 7.40. The van der Waals surface area contributed by atoms with Crippen molar-refractivity contribution in [2.24, 2.45) is 23.5 Å². The molecule has 0 heterocycles. The van der Waals surface area contributed by atoms with Gasteiger partial charge in [-0.2, -0.15) is 0 Å². The van der Waals surface area contributed by atoms with Gasteiger partial charge < -0.3 is 15.8 Å². The Balaban J connectivity index is 4.35. The molecule has 2 unspecified atom stereocenters. The summed E-state index contributed by atoms with van der Waals surface area (Å²) in [6, 6.07) is -0.570. The van der Waals surface area contributed by atoms with Gasteiger partial charge in [0.2, 0.25) is 5.91 Å². The molecule has 0 fully saturated rings. The first-order chi connectivity index (χ1) is 9.33. The molecule has 2 atom stereocenters. The molecule has 0 saturated heterocycles. The zero-order chi connectivity index (χ0) is 15.7. The molecule has 0 aromatic heterocycles. The Labute approximate surface area is 122 Å². The molecule has 0 aromatic carbocycles. The molecule has 0 aliphatic rings. The van der Waals surface area contributed by atoms with Gasteiger partial charge >= 0.3 is 5.97 Å². The fourth-order valence-electron chi connectivity index (χ4n) is 2.21. The molecular formula is C15H30N2O3. The van der Waals surface area contributed by atoms with E-state index in [1.165, 1.54) is 7.11 Å². The maximum absolute atomic E-state index is 12.0. The molecule has 0 aliphatic carbocycles. The van der Waals surface area contributed by atoms with Gasteiger partial charge in [0.25, 0.3) is 0 Å². The molecule has 0 rings (SSSR count). The molecule has 0 radical (unpaired) electrons. The second kappa shape index (κ2) is 9.75. The van der Waals surface area contributed by atoms with E-state index in [-0.39, 0.29) is 11.8 Å². The van der Waals surface area contributed by atoms with Crippen molar-refractivity contribution < 1.29 is 14.3 Å². The predicted octanol–water partition coefficient (Wildman–Crippen LogP) is 1.70. The van der Waals surface area contributed by atoms with Crippen molar-refractivity contribution in [3.63, 3.8) is 0 Å². The van der Waals surface area contributed by atoms with Crippen LogP contribution in [-0.2, 0) is 14.3 Å². The molecule has 20 heavy (non-hydrogen) atoms. The number of esters is 1. The molecule has 5 nitrogen and oxygen atoms in total. The minimum atomic E-state index is -0.570. The number of nitrogens with one attached hydrogen (secondary N) is 1. The minimum Gasteiger partial charge on any atom is -0.467 e. The quantitative estimate of drug-likeness (QED) is 0.632. The monoisotopic (exact) mass is 286 g/mol. The van der Waals surface area contributed by atoms with E-state index in [9.17, 15) is 9.59 Å². The zero-order valence-corrected chi connectivity index (χ0v) is 13.4. The van der Waals surface area contributed by atoms with Crippen LogP contribution in [0.15, 0.2) is 0 Å². The van der Waals surface area contributed by atoms with E-state index in [0.29, 0.717) is 24.8 Å². The van der Waals surface area contributed by atoms with Gasteiger partial charge in [0.15, 0.2) is 0 Å². The van der Waals surface area contributed by atoms with Gasteiger partial charge in [-0.3, -0.25) is 4.79 Å². The standard InChI is InChI=1S/C15H30N2O3/c1-10(2)12(8-9-16)6-7-13(18)17-14(11(3)4)15(19)20-5/h10-12,14H,6-9,16H2,1-5H3,(H,17,18). The molecule has 0 saturated carbocycles. The van der Waals surface area contributed by atoms with Crippen molar-refractivity contribution in [3.05, 3.63) is 0 Å². The lowest BCUT2D eigenvalue weighted by Crippen LogP contribution is -2.45. The van der Waals surface area contributed by atoms with Crippen molar-refractivity contribution in [1.29, 1.82) is 0 Å². The molecule has 0 spiro atoms. The van der Waals surface area contributed by atoms with Gasteiger partial charge in [-0.25, -0.2) is 4.79 Å². The highest BCUT2D eigenvalue weighted by molar-refractivity contribution is 5.84. The Kier molecular flexibility index (Phi) is 9.21. The third-order valence-corrected chi connectivity index (χ3v) is 3.66. The Morgan fingerprint density at radius 1 is 1.10 bits per heavy atom. The maximum Gasteiger partial charge on any atom is 0.328 e. The SMILES string of the molecule is COC(=O)C(NC(=O)CCC(CCN)C(C)C)C(C)C. The normalized spacial score (nSPS) is 14.2. The molecular weight excluding hydrogens is 256 g/mol. The lowest BCUT2D eigenvalue weighted by atomic mass is 9.88. The van der Waals surface area contributed by atoms with E-state index in [2.05, 4.69) is 19.2 Å². The van der Waals surface area contributed by atoms with Crippen LogP contribution in [0, 0.1) is 17.8 Å². The van der Waals surface area contributed by atoms with Crippen LogP contribution >= 0.6 is 0 Å². The van der Waals surface area contributed by atoms with Gasteiger partial charge in [0.05, 0.1) is 7.11 Å². The van der Waals surface area contributed by atoms with Gasteiger partial charge in [-0.1, -0.05) is 27.7 Å². The fourth-order valence-corrected chi connectivity index (χ4v) is 2.21. The van der Waals surface area contributed by atoms with Crippen LogP contribution < -0.4 is 11.1 Å². The van der Waals surface area contributed by atoms with E-state index in [0.717, 1.165) is 12.8 Å². The third-order valence-electron chi connectivity index (χ3n) is 3.66. The Bertz CT molecular complexity index is 303. The van der Waals surface area contributed by atoms with Crippen LogP contribution in [-0.4, -0.2) is 31.6 Å². The average Bonchev–Trinajstić information content (AvgIpc) is 2.39. The number of ether oxygens (including phenoxy) is 1. The predicted molar refractivity (Wildman–Crippen MR) is 80.0 cm³/mol. The summed E-state index contributed by atoms with van der Waals surface area (Å²) in [7, 11) is 1.33. The van der Waals surface area contributed by atoms with E-state index in [4.69, 9.17) is 10.5 Å². The van der Waals surface area contributed by atoms with Gasteiger partial charge in [-0.05, 0) is 37.1 Å². The van der Waals surface area contributed by atoms with Crippen LogP contribution in [0.25, 0.3) is 0 Å².